The van der Waals surface area contributed by atoms with Gasteiger partial charge < -0.3 is 10.4 Å². The molecule has 0 unspecified atom stereocenters. The van der Waals surface area contributed by atoms with E-state index in [1.54, 1.807) is 18.2 Å². The topological polar surface area (TPSA) is 66.4 Å². The van der Waals surface area contributed by atoms with Crippen LogP contribution in [0.5, 0.6) is 0 Å². The zero-order valence-corrected chi connectivity index (χ0v) is 10.8. The van der Waals surface area contributed by atoms with Crippen molar-refractivity contribution in [3.05, 3.63) is 38.9 Å². The quantitative estimate of drug-likeness (QED) is 0.649. The van der Waals surface area contributed by atoms with Crippen molar-refractivity contribution in [2.45, 2.75) is 0 Å². The van der Waals surface area contributed by atoms with Crippen molar-refractivity contribution in [3.63, 3.8) is 0 Å². The van der Waals surface area contributed by atoms with Gasteiger partial charge in [-0.05, 0) is 40.8 Å². The van der Waals surface area contributed by atoms with E-state index in [1.807, 2.05) is 22.6 Å². The molecule has 0 aromatic heterocycles. The van der Waals surface area contributed by atoms with E-state index in [9.17, 15) is 9.59 Å². The number of aliphatic carboxylic acids is 1. The first-order chi connectivity index (χ1) is 7.49. The highest BCUT2D eigenvalue weighted by Gasteiger charge is 2.03. The zero-order valence-electron chi connectivity index (χ0n) is 7.91. The number of halogens is 2. The molecule has 6 heteroatoms. The van der Waals surface area contributed by atoms with Crippen molar-refractivity contribution in [2.75, 3.05) is 5.32 Å². The Labute approximate surface area is 110 Å². The maximum atomic E-state index is 11.3. The van der Waals surface area contributed by atoms with E-state index < -0.39 is 11.9 Å². The summed E-state index contributed by atoms with van der Waals surface area (Å²) in [5.74, 6) is -1.66. The number of anilines is 1. The second-order valence-electron chi connectivity index (χ2n) is 2.78. The van der Waals surface area contributed by atoms with E-state index in [1.165, 1.54) is 0 Å². The van der Waals surface area contributed by atoms with Crippen LogP contribution in [0.3, 0.4) is 0 Å². The second kappa shape index (κ2) is 5.86. The minimum atomic E-state index is -1.17. The van der Waals surface area contributed by atoms with Gasteiger partial charge in [-0.25, -0.2) is 4.79 Å². The van der Waals surface area contributed by atoms with Gasteiger partial charge in [-0.3, -0.25) is 4.79 Å². The summed E-state index contributed by atoms with van der Waals surface area (Å²) >= 11 is 7.77. The minimum absolute atomic E-state index is 0.498. The molecule has 0 radical (unpaired) electrons. The highest BCUT2D eigenvalue weighted by atomic mass is 127. The average molecular weight is 352 g/mol. The lowest BCUT2D eigenvalue weighted by molar-refractivity contribution is -0.131. The van der Waals surface area contributed by atoms with Crippen LogP contribution in [0.2, 0.25) is 5.02 Å². The Hall–Kier alpha value is -1.08. The summed E-state index contributed by atoms with van der Waals surface area (Å²) in [6.45, 7) is 0. The van der Waals surface area contributed by atoms with E-state index >= 15 is 0 Å². The van der Waals surface area contributed by atoms with Gasteiger partial charge in [0.25, 0.3) is 0 Å². The summed E-state index contributed by atoms with van der Waals surface area (Å²) in [4.78, 5) is 21.4. The lowest BCUT2D eigenvalue weighted by atomic mass is 10.3. The van der Waals surface area contributed by atoms with Crippen LogP contribution in [0, 0.1) is 3.57 Å². The van der Waals surface area contributed by atoms with Gasteiger partial charge in [0.2, 0.25) is 5.91 Å². The second-order valence-corrected chi connectivity index (χ2v) is 4.38. The predicted molar refractivity (Wildman–Crippen MR) is 69.6 cm³/mol. The van der Waals surface area contributed by atoms with Crippen LogP contribution < -0.4 is 5.32 Å². The molecule has 1 rings (SSSR count). The molecule has 2 N–H and O–H groups in total. The number of carboxylic acids is 1. The Morgan fingerprint density at radius 1 is 1.38 bits per heavy atom. The van der Waals surface area contributed by atoms with E-state index in [0.717, 1.165) is 15.7 Å². The maximum absolute atomic E-state index is 11.3. The van der Waals surface area contributed by atoms with Crippen molar-refractivity contribution in [3.8, 4) is 0 Å². The average Bonchev–Trinajstić information content (AvgIpc) is 2.19. The largest absolute Gasteiger partial charge is 0.478 e. The van der Waals surface area contributed by atoms with Gasteiger partial charge in [0.1, 0.15) is 0 Å². The molecular weight excluding hydrogens is 344 g/mol. The molecular formula is C10H7ClINO3. The number of benzene rings is 1. The smallest absolute Gasteiger partial charge is 0.328 e. The van der Waals surface area contributed by atoms with Gasteiger partial charge in [0.05, 0.1) is 5.69 Å². The van der Waals surface area contributed by atoms with Gasteiger partial charge in [-0.1, -0.05) is 11.6 Å². The monoisotopic (exact) mass is 351 g/mol. The summed E-state index contributed by atoms with van der Waals surface area (Å²) in [7, 11) is 0. The number of carboxylic acid groups (broad SMARTS) is 1. The molecule has 1 aromatic carbocycles. The van der Waals surface area contributed by atoms with Crippen LogP contribution in [-0.2, 0) is 9.59 Å². The van der Waals surface area contributed by atoms with Gasteiger partial charge in [0.15, 0.2) is 0 Å². The van der Waals surface area contributed by atoms with Crippen LogP contribution in [0.4, 0.5) is 5.69 Å². The van der Waals surface area contributed by atoms with Crippen molar-refractivity contribution in [1.29, 1.82) is 0 Å². The third kappa shape index (κ3) is 4.19. The summed E-state index contributed by atoms with van der Waals surface area (Å²) in [5.41, 5.74) is 0.588. The van der Waals surface area contributed by atoms with Crippen LogP contribution in [0.25, 0.3) is 0 Å². The normalized spacial score (nSPS) is 10.4. The molecule has 0 spiro atoms. The number of nitrogens with one attached hydrogen (secondary N) is 1. The zero-order chi connectivity index (χ0) is 12.1. The molecule has 0 heterocycles. The Kier molecular flexibility index (Phi) is 4.75. The van der Waals surface area contributed by atoms with Crippen LogP contribution in [0.1, 0.15) is 0 Å². The molecule has 0 aliphatic rings. The molecule has 0 aliphatic carbocycles. The molecule has 84 valence electrons. The Morgan fingerprint density at radius 2 is 2.06 bits per heavy atom. The maximum Gasteiger partial charge on any atom is 0.328 e. The SMILES string of the molecule is O=C(O)/C=C/C(=O)Nc1ccc(Cl)cc1I. The minimum Gasteiger partial charge on any atom is -0.478 e. The molecule has 0 saturated heterocycles. The number of hydrogen-bond donors (Lipinski definition) is 2. The highest BCUT2D eigenvalue weighted by Crippen LogP contribution is 2.22. The highest BCUT2D eigenvalue weighted by molar-refractivity contribution is 14.1. The van der Waals surface area contributed by atoms with E-state index in [-0.39, 0.29) is 0 Å². The first kappa shape index (κ1) is 13.0. The van der Waals surface area contributed by atoms with Gasteiger partial charge in [-0.2, -0.15) is 0 Å². The fourth-order valence-electron chi connectivity index (χ4n) is 0.912. The van der Waals surface area contributed by atoms with Crippen molar-refractivity contribution in [1.82, 2.24) is 0 Å². The lowest BCUT2D eigenvalue weighted by Gasteiger charge is -2.04. The molecule has 0 atom stereocenters. The molecule has 0 fully saturated rings. The van der Waals surface area contributed by atoms with Crippen LogP contribution >= 0.6 is 34.2 Å². The molecule has 0 saturated carbocycles. The number of carbonyl (C=O) groups excluding carboxylic acids is 1. The number of amides is 1. The number of hydrogen-bond acceptors (Lipinski definition) is 2. The van der Waals surface area contributed by atoms with Gasteiger partial charge >= 0.3 is 5.97 Å². The third-order valence-electron chi connectivity index (χ3n) is 1.57. The Morgan fingerprint density at radius 3 is 2.62 bits per heavy atom. The van der Waals surface area contributed by atoms with Crippen molar-refractivity contribution >= 4 is 51.8 Å². The molecule has 1 amide bonds. The molecule has 16 heavy (non-hydrogen) atoms. The first-order valence-corrected chi connectivity index (χ1v) is 5.62. The summed E-state index contributed by atoms with van der Waals surface area (Å²) in [6.07, 6.45) is 1.73. The summed E-state index contributed by atoms with van der Waals surface area (Å²) in [5, 5.41) is 11.4. The van der Waals surface area contributed by atoms with Crippen molar-refractivity contribution < 1.29 is 14.7 Å². The predicted octanol–water partition coefficient (Wildman–Crippen LogP) is 2.52. The van der Waals surface area contributed by atoms with Crippen LogP contribution in [0.15, 0.2) is 30.4 Å². The van der Waals surface area contributed by atoms with E-state index in [4.69, 9.17) is 16.7 Å². The van der Waals surface area contributed by atoms with E-state index in [2.05, 4.69) is 5.32 Å². The summed E-state index contributed by atoms with van der Waals surface area (Å²) < 4.78 is 0.780. The number of rotatable bonds is 3. The third-order valence-corrected chi connectivity index (χ3v) is 2.69. The lowest BCUT2D eigenvalue weighted by Crippen LogP contribution is -2.09. The Balaban J connectivity index is 2.73. The van der Waals surface area contributed by atoms with Crippen LogP contribution in [-0.4, -0.2) is 17.0 Å². The van der Waals surface area contributed by atoms with Gasteiger partial charge in [-0.15, -0.1) is 0 Å². The molecule has 0 bridgehead atoms. The standard InChI is InChI=1S/C10H7ClINO3/c11-6-1-2-8(7(12)5-6)13-9(14)3-4-10(15)16/h1-5H,(H,13,14)(H,15,16)/b4-3+. The fourth-order valence-corrected chi connectivity index (χ4v) is 1.92. The number of carbonyl (C=O) groups is 2. The van der Waals surface area contributed by atoms with E-state index in [0.29, 0.717) is 10.7 Å². The summed E-state index contributed by atoms with van der Waals surface area (Å²) in [6, 6.07) is 4.98. The van der Waals surface area contributed by atoms with Gasteiger partial charge in [0, 0.05) is 20.7 Å². The first-order valence-electron chi connectivity index (χ1n) is 4.16. The van der Waals surface area contributed by atoms with Crippen molar-refractivity contribution in [2.24, 2.45) is 0 Å². The Bertz CT molecular complexity index is 459. The molecule has 4 nitrogen and oxygen atoms in total. The fraction of sp³-hybridized carbons (Fsp3) is 0. The molecule has 1 aromatic rings. The molecule has 0 aliphatic heterocycles.